The minimum absolute atomic E-state index is 0.00871. The number of halogens is 1. The van der Waals surface area contributed by atoms with Crippen molar-refractivity contribution in [3.05, 3.63) is 71.7 Å². The molecular weight excluding hydrogens is 369 g/mol. The Morgan fingerprint density at radius 1 is 1.07 bits per heavy atom. The fourth-order valence-corrected chi connectivity index (χ4v) is 4.67. The summed E-state index contributed by atoms with van der Waals surface area (Å²) >= 11 is 0. The van der Waals surface area contributed by atoms with Crippen molar-refractivity contribution in [3.8, 4) is 0 Å². The van der Waals surface area contributed by atoms with Crippen molar-refractivity contribution in [1.29, 1.82) is 0 Å². The first-order chi connectivity index (χ1) is 14.1. The first-order valence-corrected chi connectivity index (χ1v) is 10.0. The van der Waals surface area contributed by atoms with Crippen molar-refractivity contribution in [2.75, 3.05) is 32.8 Å². The predicted molar refractivity (Wildman–Crippen MR) is 109 cm³/mol. The maximum atomic E-state index is 13.6. The summed E-state index contributed by atoms with van der Waals surface area (Å²) in [6.45, 7) is 3.45. The quantitative estimate of drug-likeness (QED) is 0.671. The summed E-state index contributed by atoms with van der Waals surface area (Å²) in [4.78, 5) is 17.6. The zero-order valence-electron chi connectivity index (χ0n) is 16.4. The number of fused-ring (bicyclic) bond motifs is 2. The van der Waals surface area contributed by atoms with Gasteiger partial charge in [-0.1, -0.05) is 30.3 Å². The van der Waals surface area contributed by atoms with E-state index in [1.807, 2.05) is 22.6 Å². The predicted octanol–water partition coefficient (Wildman–Crippen LogP) is 3.22. The third-order valence-electron chi connectivity index (χ3n) is 6.21. The SMILES string of the molecule is Cn1c(C(=O)N2CCN3[C@@H](COC[C@@H]3c3ccccc3)C2)cc2cc(F)ccc21. The molecule has 3 heterocycles. The van der Waals surface area contributed by atoms with E-state index in [2.05, 4.69) is 29.2 Å². The highest BCUT2D eigenvalue weighted by Gasteiger charge is 2.38. The second-order valence-electron chi connectivity index (χ2n) is 7.90. The van der Waals surface area contributed by atoms with Crippen LogP contribution in [0.3, 0.4) is 0 Å². The Morgan fingerprint density at radius 2 is 1.90 bits per heavy atom. The second-order valence-corrected chi connectivity index (χ2v) is 7.90. The molecule has 0 spiro atoms. The molecule has 1 aromatic heterocycles. The number of rotatable bonds is 2. The first-order valence-electron chi connectivity index (χ1n) is 10.0. The lowest BCUT2D eigenvalue weighted by molar-refractivity contribution is -0.0771. The molecule has 1 amide bonds. The molecule has 6 heteroatoms. The molecule has 2 aromatic carbocycles. The summed E-state index contributed by atoms with van der Waals surface area (Å²) in [5.41, 5.74) is 2.71. The van der Waals surface area contributed by atoms with Crippen molar-refractivity contribution in [1.82, 2.24) is 14.4 Å². The second kappa shape index (κ2) is 7.28. The number of benzene rings is 2. The fourth-order valence-electron chi connectivity index (χ4n) is 4.67. The Bertz CT molecular complexity index is 1050. The average Bonchev–Trinajstić information content (AvgIpc) is 3.08. The molecule has 0 saturated carbocycles. The van der Waals surface area contributed by atoms with Crippen LogP contribution in [0, 0.1) is 5.82 Å². The van der Waals surface area contributed by atoms with E-state index in [1.165, 1.54) is 17.7 Å². The molecule has 0 N–H and O–H groups in total. The Hall–Kier alpha value is -2.70. The molecule has 3 aromatic rings. The van der Waals surface area contributed by atoms with Crippen molar-refractivity contribution in [3.63, 3.8) is 0 Å². The lowest BCUT2D eigenvalue weighted by Crippen LogP contribution is -2.60. The molecule has 2 fully saturated rings. The first kappa shape index (κ1) is 18.3. The molecule has 0 bridgehead atoms. The number of carbonyl (C=O) groups is 1. The van der Waals surface area contributed by atoms with Crippen LogP contribution in [0.25, 0.3) is 10.9 Å². The van der Waals surface area contributed by atoms with Gasteiger partial charge in [-0.05, 0) is 29.8 Å². The van der Waals surface area contributed by atoms with Gasteiger partial charge in [-0.3, -0.25) is 9.69 Å². The highest BCUT2D eigenvalue weighted by atomic mass is 19.1. The monoisotopic (exact) mass is 393 g/mol. The normalized spacial score (nSPS) is 22.6. The lowest BCUT2D eigenvalue weighted by atomic mass is 10.00. The van der Waals surface area contributed by atoms with E-state index in [1.54, 1.807) is 12.1 Å². The number of ether oxygens (including phenoxy) is 1. The summed E-state index contributed by atoms with van der Waals surface area (Å²) in [6.07, 6.45) is 0. The van der Waals surface area contributed by atoms with E-state index in [4.69, 9.17) is 4.74 Å². The number of morpholine rings is 1. The van der Waals surface area contributed by atoms with Crippen molar-refractivity contribution < 1.29 is 13.9 Å². The third-order valence-corrected chi connectivity index (χ3v) is 6.21. The Kier molecular flexibility index (Phi) is 4.60. The van der Waals surface area contributed by atoms with E-state index in [0.717, 1.165) is 17.4 Å². The van der Waals surface area contributed by atoms with Gasteiger partial charge in [0.2, 0.25) is 0 Å². The molecule has 2 saturated heterocycles. The molecule has 0 radical (unpaired) electrons. The van der Waals surface area contributed by atoms with Crippen LogP contribution in [0.1, 0.15) is 22.1 Å². The van der Waals surface area contributed by atoms with E-state index in [9.17, 15) is 9.18 Å². The van der Waals surface area contributed by atoms with Crippen LogP contribution < -0.4 is 0 Å². The Balaban J connectivity index is 1.37. The minimum Gasteiger partial charge on any atom is -0.378 e. The molecule has 2 aliphatic rings. The van der Waals surface area contributed by atoms with Crippen LogP contribution in [0.4, 0.5) is 4.39 Å². The zero-order chi connectivity index (χ0) is 20.0. The summed E-state index contributed by atoms with van der Waals surface area (Å²) < 4.78 is 21.3. The number of carbonyl (C=O) groups excluding carboxylic acids is 1. The number of piperazine rings is 1. The number of hydrogen-bond donors (Lipinski definition) is 0. The van der Waals surface area contributed by atoms with Gasteiger partial charge in [-0.25, -0.2) is 4.39 Å². The van der Waals surface area contributed by atoms with Crippen LogP contribution in [0.2, 0.25) is 0 Å². The van der Waals surface area contributed by atoms with Crippen molar-refractivity contribution >= 4 is 16.8 Å². The number of amides is 1. The highest BCUT2D eigenvalue weighted by Crippen LogP contribution is 2.30. The van der Waals surface area contributed by atoms with Gasteiger partial charge < -0.3 is 14.2 Å². The van der Waals surface area contributed by atoms with Crippen LogP contribution in [0.5, 0.6) is 0 Å². The molecule has 5 nitrogen and oxygen atoms in total. The van der Waals surface area contributed by atoms with Crippen LogP contribution >= 0.6 is 0 Å². The van der Waals surface area contributed by atoms with Gasteiger partial charge in [0.1, 0.15) is 11.5 Å². The van der Waals surface area contributed by atoms with E-state index < -0.39 is 0 Å². The molecule has 5 rings (SSSR count). The maximum Gasteiger partial charge on any atom is 0.270 e. The highest BCUT2D eigenvalue weighted by molar-refractivity contribution is 5.98. The third kappa shape index (κ3) is 3.22. The standard InChI is InChI=1S/C23H24FN3O2/c1-25-20-8-7-18(24)11-17(20)12-21(25)23(28)26-9-10-27-19(13-26)14-29-15-22(27)16-5-3-2-4-6-16/h2-8,11-12,19,22H,9-10,13-15H2,1H3/t19-,22-/m1/s1. The summed E-state index contributed by atoms with van der Waals surface area (Å²) in [6, 6.07) is 17.2. The van der Waals surface area contributed by atoms with Crippen molar-refractivity contribution in [2.45, 2.75) is 12.1 Å². The summed E-state index contributed by atoms with van der Waals surface area (Å²) in [5, 5.41) is 0.750. The van der Waals surface area contributed by atoms with Crippen LogP contribution in [-0.4, -0.2) is 59.2 Å². The molecule has 29 heavy (non-hydrogen) atoms. The largest absolute Gasteiger partial charge is 0.378 e. The minimum atomic E-state index is -0.290. The van der Waals surface area contributed by atoms with Gasteiger partial charge in [-0.2, -0.15) is 0 Å². The number of aryl methyl sites for hydroxylation is 1. The molecule has 2 aliphatic heterocycles. The van der Waals surface area contributed by atoms with Gasteiger partial charge >= 0.3 is 0 Å². The number of hydrogen-bond acceptors (Lipinski definition) is 3. The Morgan fingerprint density at radius 3 is 2.72 bits per heavy atom. The summed E-state index contributed by atoms with van der Waals surface area (Å²) in [5.74, 6) is -0.299. The van der Waals surface area contributed by atoms with Crippen LogP contribution in [0.15, 0.2) is 54.6 Å². The van der Waals surface area contributed by atoms with Gasteiger partial charge in [-0.15, -0.1) is 0 Å². The summed E-state index contributed by atoms with van der Waals surface area (Å²) in [7, 11) is 1.86. The van der Waals surface area contributed by atoms with Crippen molar-refractivity contribution in [2.24, 2.45) is 7.05 Å². The average molecular weight is 393 g/mol. The van der Waals surface area contributed by atoms with Gasteiger partial charge in [0.15, 0.2) is 0 Å². The maximum absolute atomic E-state index is 13.6. The van der Waals surface area contributed by atoms with Crippen LogP contribution in [-0.2, 0) is 11.8 Å². The Labute approximate surface area is 169 Å². The molecular formula is C23H24FN3O2. The van der Waals surface area contributed by atoms with E-state index >= 15 is 0 Å². The zero-order valence-corrected chi connectivity index (χ0v) is 16.4. The van der Waals surface area contributed by atoms with Gasteiger partial charge in [0.05, 0.1) is 25.3 Å². The molecule has 150 valence electrons. The molecule has 0 aliphatic carbocycles. The number of nitrogens with zero attached hydrogens (tertiary/aromatic N) is 3. The molecule has 2 atom stereocenters. The fraction of sp³-hybridized carbons (Fsp3) is 0.348. The number of aromatic nitrogens is 1. The van der Waals surface area contributed by atoms with E-state index in [0.29, 0.717) is 32.0 Å². The van der Waals surface area contributed by atoms with E-state index in [-0.39, 0.29) is 23.8 Å². The smallest absolute Gasteiger partial charge is 0.270 e. The molecule has 0 unspecified atom stereocenters. The topological polar surface area (TPSA) is 37.7 Å². The lowest BCUT2D eigenvalue weighted by Gasteiger charge is -2.48. The van der Waals surface area contributed by atoms with Gasteiger partial charge in [0, 0.05) is 37.6 Å². The van der Waals surface area contributed by atoms with Gasteiger partial charge in [0.25, 0.3) is 5.91 Å².